The molecule has 0 aromatic heterocycles. The van der Waals surface area contributed by atoms with E-state index >= 15 is 0 Å². The number of carboxylic acid groups (broad SMARTS) is 2. The van der Waals surface area contributed by atoms with Crippen LogP contribution in [-0.4, -0.2) is 32.4 Å². The van der Waals surface area contributed by atoms with Crippen LogP contribution < -0.4 is 0 Å². The molecule has 1 aromatic rings. The van der Waals surface area contributed by atoms with Crippen LogP contribution in [0.2, 0.25) is 0 Å². The van der Waals surface area contributed by atoms with E-state index < -0.39 is 22.9 Å². The van der Waals surface area contributed by atoms with Crippen LogP contribution in [0.5, 0.6) is 0 Å². The maximum Gasteiger partial charge on any atom is 0.311 e. The molecule has 8 nitrogen and oxygen atoms in total. The van der Waals surface area contributed by atoms with Gasteiger partial charge in [-0.3, -0.25) is 9.59 Å². The van der Waals surface area contributed by atoms with Crippen LogP contribution >= 0.6 is 0 Å². The number of aliphatic carboxylic acids is 2. The van der Waals surface area contributed by atoms with Crippen molar-refractivity contribution in [3.05, 3.63) is 46.0 Å². The van der Waals surface area contributed by atoms with Gasteiger partial charge in [0.25, 0.3) is 5.09 Å². The van der Waals surface area contributed by atoms with E-state index in [1.54, 1.807) is 30.3 Å². The predicted molar refractivity (Wildman–Crippen MR) is 57.9 cm³/mol. The average Bonchev–Trinajstić information content (AvgIpc) is 2.25. The van der Waals surface area contributed by atoms with Gasteiger partial charge in [-0.25, -0.2) is 0 Å². The number of nitrogens with zero attached hydrogens (tertiary/aromatic N) is 1. The molecule has 0 saturated carbocycles. The van der Waals surface area contributed by atoms with Crippen molar-refractivity contribution < 1.29 is 30.1 Å². The summed E-state index contributed by atoms with van der Waals surface area (Å²) in [5.41, 5.74) is 0.516. The van der Waals surface area contributed by atoms with E-state index in [1.165, 1.54) is 0 Å². The van der Waals surface area contributed by atoms with Gasteiger partial charge in [0.1, 0.15) is 0 Å². The van der Waals surface area contributed by atoms with Crippen molar-refractivity contribution in [2.24, 2.45) is 0 Å². The second-order valence-electron chi connectivity index (χ2n) is 3.14. The first kappa shape index (κ1) is 15.4. The Morgan fingerprint density at radius 2 is 1.67 bits per heavy atom. The zero-order chi connectivity index (χ0) is 14.1. The van der Waals surface area contributed by atoms with E-state index in [0.717, 1.165) is 0 Å². The third kappa shape index (κ3) is 6.77. The van der Waals surface area contributed by atoms with Gasteiger partial charge in [0.2, 0.25) is 0 Å². The van der Waals surface area contributed by atoms with E-state index in [4.69, 9.17) is 25.5 Å². The molecule has 1 aromatic carbocycles. The van der Waals surface area contributed by atoms with E-state index in [9.17, 15) is 9.59 Å². The topological polar surface area (TPSA) is 138 Å². The van der Waals surface area contributed by atoms with Crippen LogP contribution in [0.1, 0.15) is 17.9 Å². The van der Waals surface area contributed by atoms with Gasteiger partial charge in [-0.2, -0.15) is 0 Å². The van der Waals surface area contributed by atoms with E-state index in [1.807, 2.05) is 0 Å². The Kier molecular flexibility index (Phi) is 6.49. The SMILES string of the molecule is O=C(O)CC(C(=O)O)c1ccccc1.O=[N+]([O-])O. The Labute approximate surface area is 101 Å². The first-order valence-electron chi connectivity index (χ1n) is 4.67. The molecule has 0 amide bonds. The molecule has 0 radical (unpaired) electrons. The lowest BCUT2D eigenvalue weighted by molar-refractivity contribution is -0.742. The van der Waals surface area contributed by atoms with Gasteiger partial charge in [-0.15, -0.1) is 10.1 Å². The van der Waals surface area contributed by atoms with Crippen molar-refractivity contribution in [1.29, 1.82) is 0 Å². The molecule has 0 bridgehead atoms. The highest BCUT2D eigenvalue weighted by atomic mass is 16.9. The van der Waals surface area contributed by atoms with Crippen LogP contribution in [0.4, 0.5) is 0 Å². The zero-order valence-corrected chi connectivity index (χ0v) is 9.09. The summed E-state index contributed by atoms with van der Waals surface area (Å²) in [5, 5.41) is 31.0. The fourth-order valence-corrected chi connectivity index (χ4v) is 1.21. The normalized spacial score (nSPS) is 10.7. The fourth-order valence-electron chi connectivity index (χ4n) is 1.21. The van der Waals surface area contributed by atoms with Crippen LogP contribution in [-0.2, 0) is 9.59 Å². The molecule has 0 aliphatic rings. The van der Waals surface area contributed by atoms with Crippen molar-refractivity contribution in [2.45, 2.75) is 12.3 Å². The third-order valence-corrected chi connectivity index (χ3v) is 1.88. The molecule has 18 heavy (non-hydrogen) atoms. The summed E-state index contributed by atoms with van der Waals surface area (Å²) < 4.78 is 0. The van der Waals surface area contributed by atoms with Crippen molar-refractivity contribution in [3.63, 3.8) is 0 Å². The molecule has 0 fully saturated rings. The van der Waals surface area contributed by atoms with E-state index in [2.05, 4.69) is 0 Å². The summed E-state index contributed by atoms with van der Waals surface area (Å²) in [5.74, 6) is -3.19. The number of hydrogen-bond donors (Lipinski definition) is 3. The smallest absolute Gasteiger partial charge is 0.311 e. The first-order chi connectivity index (χ1) is 8.34. The van der Waals surface area contributed by atoms with E-state index in [0.29, 0.717) is 5.56 Å². The molecule has 0 aliphatic carbocycles. The summed E-state index contributed by atoms with van der Waals surface area (Å²) in [7, 11) is 0. The fraction of sp³-hybridized carbons (Fsp3) is 0.200. The van der Waals surface area contributed by atoms with Gasteiger partial charge < -0.3 is 15.4 Å². The molecule has 1 unspecified atom stereocenters. The lowest BCUT2D eigenvalue weighted by Crippen LogP contribution is -2.15. The van der Waals surface area contributed by atoms with Gasteiger partial charge in [0.05, 0.1) is 12.3 Å². The van der Waals surface area contributed by atoms with E-state index in [-0.39, 0.29) is 6.42 Å². The average molecular weight is 257 g/mol. The first-order valence-corrected chi connectivity index (χ1v) is 4.67. The summed E-state index contributed by atoms with van der Waals surface area (Å²) in [6.45, 7) is 0. The number of rotatable bonds is 4. The highest BCUT2D eigenvalue weighted by Gasteiger charge is 2.22. The predicted octanol–water partition coefficient (Wildman–Crippen LogP) is 0.982. The molecule has 0 saturated heterocycles. The molecule has 0 aliphatic heterocycles. The Balaban J connectivity index is 0.000000631. The second-order valence-corrected chi connectivity index (χ2v) is 3.14. The van der Waals surface area contributed by atoms with Crippen molar-refractivity contribution in [3.8, 4) is 0 Å². The number of carboxylic acids is 2. The van der Waals surface area contributed by atoms with Gasteiger partial charge in [-0.1, -0.05) is 30.3 Å². The van der Waals surface area contributed by atoms with Crippen LogP contribution in [0, 0.1) is 10.1 Å². The molecule has 1 rings (SSSR count). The Bertz CT molecular complexity index is 413. The Morgan fingerprint density at radius 3 is 2.00 bits per heavy atom. The molecule has 8 heteroatoms. The van der Waals surface area contributed by atoms with Gasteiger partial charge in [0, 0.05) is 0 Å². The highest BCUT2D eigenvalue weighted by Crippen LogP contribution is 2.19. The maximum atomic E-state index is 10.8. The largest absolute Gasteiger partial charge is 0.481 e. The Morgan fingerprint density at radius 1 is 1.22 bits per heavy atom. The van der Waals surface area contributed by atoms with Gasteiger partial charge in [-0.05, 0) is 5.56 Å². The van der Waals surface area contributed by atoms with Gasteiger partial charge >= 0.3 is 11.9 Å². The van der Waals surface area contributed by atoms with Crippen molar-refractivity contribution in [1.82, 2.24) is 0 Å². The van der Waals surface area contributed by atoms with Crippen LogP contribution in [0.15, 0.2) is 30.3 Å². The molecule has 3 N–H and O–H groups in total. The second kappa shape index (κ2) is 7.60. The summed E-state index contributed by atoms with van der Waals surface area (Å²) in [4.78, 5) is 29.6. The molecule has 98 valence electrons. The molecular weight excluding hydrogens is 246 g/mol. The monoisotopic (exact) mass is 257 g/mol. The molecule has 0 spiro atoms. The summed E-state index contributed by atoms with van der Waals surface area (Å²) in [6.07, 6.45) is -0.390. The number of benzene rings is 1. The van der Waals surface area contributed by atoms with Crippen LogP contribution in [0.25, 0.3) is 0 Å². The lowest BCUT2D eigenvalue weighted by atomic mass is 9.96. The number of carbonyl (C=O) groups is 2. The van der Waals surface area contributed by atoms with Crippen LogP contribution in [0.3, 0.4) is 0 Å². The third-order valence-electron chi connectivity index (χ3n) is 1.88. The maximum absolute atomic E-state index is 10.8. The number of hydrogen-bond acceptors (Lipinski definition) is 4. The summed E-state index contributed by atoms with van der Waals surface area (Å²) in [6, 6.07) is 8.35. The molecule has 1 atom stereocenters. The van der Waals surface area contributed by atoms with Gasteiger partial charge in [0.15, 0.2) is 0 Å². The standard InChI is InChI=1S/C10H10O4.HNO3/c11-9(12)6-8(10(13)14)7-4-2-1-3-5-7;2-1(3)4/h1-5,8H,6H2,(H,11,12)(H,13,14);(H,2,3,4). The quantitative estimate of drug-likeness (QED) is 0.539. The minimum Gasteiger partial charge on any atom is -0.481 e. The molecular formula is C10H11NO7. The Hall–Kier alpha value is -2.64. The highest BCUT2D eigenvalue weighted by molar-refractivity contribution is 5.82. The molecule has 0 heterocycles. The van der Waals surface area contributed by atoms with Crippen molar-refractivity contribution in [2.75, 3.05) is 0 Å². The summed E-state index contributed by atoms with van der Waals surface area (Å²) >= 11 is 0. The zero-order valence-electron chi connectivity index (χ0n) is 9.09. The van der Waals surface area contributed by atoms with Crippen molar-refractivity contribution >= 4 is 11.9 Å². The minimum absolute atomic E-state index is 0.390. The minimum atomic E-state index is -1.50. The lowest BCUT2D eigenvalue weighted by Gasteiger charge is -2.09.